The lowest BCUT2D eigenvalue weighted by molar-refractivity contribution is 0.318. The number of benzene rings is 2. The van der Waals surface area contributed by atoms with Crippen LogP contribution in [0.5, 0.6) is 0 Å². The summed E-state index contributed by atoms with van der Waals surface area (Å²) < 4.78 is 0. The van der Waals surface area contributed by atoms with Crippen molar-refractivity contribution in [2.45, 2.75) is 13.5 Å². The molecule has 0 spiro atoms. The number of anilines is 1. The van der Waals surface area contributed by atoms with Crippen LogP contribution in [0.4, 0.5) is 5.69 Å². The molecule has 0 aromatic heterocycles. The number of oxime groups is 1. The van der Waals surface area contributed by atoms with Gasteiger partial charge in [0.25, 0.3) is 0 Å². The Hall–Kier alpha value is -2.49. The van der Waals surface area contributed by atoms with Gasteiger partial charge < -0.3 is 15.8 Å². The lowest BCUT2D eigenvalue weighted by atomic mass is 10.1. The molecule has 0 radical (unpaired) electrons. The Balaban J connectivity index is 2.36. The van der Waals surface area contributed by atoms with Crippen molar-refractivity contribution < 1.29 is 5.21 Å². The molecule has 0 atom stereocenters. The van der Waals surface area contributed by atoms with Crippen molar-refractivity contribution >= 4 is 11.5 Å². The Morgan fingerprint density at radius 3 is 2.50 bits per heavy atom. The van der Waals surface area contributed by atoms with Gasteiger partial charge in [0.2, 0.25) is 0 Å². The van der Waals surface area contributed by atoms with Gasteiger partial charge in [-0.15, -0.1) is 0 Å². The molecule has 0 aliphatic rings. The summed E-state index contributed by atoms with van der Waals surface area (Å²) >= 11 is 0. The van der Waals surface area contributed by atoms with Crippen LogP contribution in [0.3, 0.4) is 0 Å². The lowest BCUT2D eigenvalue weighted by Gasteiger charge is -2.24. The van der Waals surface area contributed by atoms with Crippen molar-refractivity contribution in [3.05, 3.63) is 65.2 Å². The Kier molecular flexibility index (Phi) is 4.25. The summed E-state index contributed by atoms with van der Waals surface area (Å²) in [5, 5.41) is 12.0. The zero-order valence-corrected chi connectivity index (χ0v) is 11.7. The molecule has 0 fully saturated rings. The molecule has 0 saturated heterocycles. The number of para-hydroxylation sites is 1. The molecule has 104 valence electrons. The summed E-state index contributed by atoms with van der Waals surface area (Å²) in [6.07, 6.45) is 0. The van der Waals surface area contributed by atoms with E-state index < -0.39 is 0 Å². The highest BCUT2D eigenvalue weighted by Gasteiger charge is 2.13. The second-order valence-corrected chi connectivity index (χ2v) is 4.80. The van der Waals surface area contributed by atoms with Gasteiger partial charge in [-0.1, -0.05) is 47.6 Å². The average molecular weight is 269 g/mol. The molecule has 2 rings (SSSR count). The topological polar surface area (TPSA) is 61.9 Å². The normalized spacial score (nSPS) is 11.4. The maximum Gasteiger partial charge on any atom is 0.172 e. The molecule has 0 aliphatic heterocycles. The van der Waals surface area contributed by atoms with Crippen LogP contribution < -0.4 is 10.6 Å². The SMILES string of the molecule is Cc1cccc(/C(N)=N/O)c1N(C)Cc1ccccc1. The third-order valence-corrected chi connectivity index (χ3v) is 3.27. The summed E-state index contributed by atoms with van der Waals surface area (Å²) in [7, 11) is 2.00. The highest BCUT2D eigenvalue weighted by molar-refractivity contribution is 6.02. The number of amidine groups is 1. The van der Waals surface area contributed by atoms with E-state index in [1.54, 1.807) is 0 Å². The molecule has 0 aliphatic carbocycles. The molecule has 0 heterocycles. The van der Waals surface area contributed by atoms with Crippen LogP contribution in [-0.2, 0) is 6.54 Å². The van der Waals surface area contributed by atoms with Crippen LogP contribution >= 0.6 is 0 Å². The van der Waals surface area contributed by atoms with Gasteiger partial charge in [0.1, 0.15) is 0 Å². The number of nitrogens with two attached hydrogens (primary N) is 1. The minimum Gasteiger partial charge on any atom is -0.409 e. The van der Waals surface area contributed by atoms with Gasteiger partial charge >= 0.3 is 0 Å². The van der Waals surface area contributed by atoms with Gasteiger partial charge in [-0.05, 0) is 24.1 Å². The van der Waals surface area contributed by atoms with Gasteiger partial charge in [0, 0.05) is 19.2 Å². The van der Waals surface area contributed by atoms with E-state index >= 15 is 0 Å². The lowest BCUT2D eigenvalue weighted by Crippen LogP contribution is -2.23. The molecule has 0 saturated carbocycles. The molecular weight excluding hydrogens is 250 g/mol. The molecule has 0 amide bonds. The van der Waals surface area contributed by atoms with Gasteiger partial charge in [-0.3, -0.25) is 0 Å². The molecule has 4 nitrogen and oxygen atoms in total. The molecule has 4 heteroatoms. The van der Waals surface area contributed by atoms with E-state index in [4.69, 9.17) is 10.9 Å². The quantitative estimate of drug-likeness (QED) is 0.388. The largest absolute Gasteiger partial charge is 0.409 e. The summed E-state index contributed by atoms with van der Waals surface area (Å²) in [5.41, 5.74) is 9.79. The number of aryl methyl sites for hydroxylation is 1. The second kappa shape index (κ2) is 6.10. The van der Waals surface area contributed by atoms with Crippen LogP contribution in [0.2, 0.25) is 0 Å². The van der Waals surface area contributed by atoms with Crippen LogP contribution in [0.15, 0.2) is 53.7 Å². The summed E-state index contributed by atoms with van der Waals surface area (Å²) in [6, 6.07) is 16.0. The number of hydrogen-bond donors (Lipinski definition) is 2. The predicted molar refractivity (Wildman–Crippen MR) is 82.2 cm³/mol. The fraction of sp³-hybridized carbons (Fsp3) is 0.188. The monoisotopic (exact) mass is 269 g/mol. The van der Waals surface area contributed by atoms with E-state index in [0.717, 1.165) is 23.4 Å². The summed E-state index contributed by atoms with van der Waals surface area (Å²) in [4.78, 5) is 2.11. The Labute approximate surface area is 119 Å². The fourth-order valence-electron chi connectivity index (χ4n) is 2.36. The van der Waals surface area contributed by atoms with E-state index in [2.05, 4.69) is 22.2 Å². The van der Waals surface area contributed by atoms with Crippen LogP contribution in [-0.4, -0.2) is 18.1 Å². The average Bonchev–Trinajstić information content (AvgIpc) is 2.47. The summed E-state index contributed by atoms with van der Waals surface area (Å²) in [5.74, 6) is 0.128. The van der Waals surface area contributed by atoms with Crippen molar-refractivity contribution in [3.8, 4) is 0 Å². The van der Waals surface area contributed by atoms with Crippen molar-refractivity contribution in [2.24, 2.45) is 10.9 Å². The Bertz CT molecular complexity index is 608. The first kappa shape index (κ1) is 13.9. The van der Waals surface area contributed by atoms with Crippen molar-refractivity contribution in [2.75, 3.05) is 11.9 Å². The molecule has 2 aromatic rings. The van der Waals surface area contributed by atoms with E-state index in [1.807, 2.05) is 50.4 Å². The molecule has 0 bridgehead atoms. The third-order valence-electron chi connectivity index (χ3n) is 3.27. The molecule has 3 N–H and O–H groups in total. The molecule has 2 aromatic carbocycles. The first-order valence-electron chi connectivity index (χ1n) is 6.46. The second-order valence-electron chi connectivity index (χ2n) is 4.80. The zero-order chi connectivity index (χ0) is 14.5. The highest BCUT2D eigenvalue weighted by atomic mass is 16.4. The first-order valence-corrected chi connectivity index (χ1v) is 6.46. The van der Waals surface area contributed by atoms with Gasteiger partial charge in [-0.2, -0.15) is 0 Å². The first-order chi connectivity index (χ1) is 9.63. The third kappa shape index (κ3) is 2.91. The Morgan fingerprint density at radius 2 is 1.85 bits per heavy atom. The predicted octanol–water partition coefficient (Wildman–Crippen LogP) is 2.73. The summed E-state index contributed by atoms with van der Waals surface area (Å²) in [6.45, 7) is 2.78. The highest BCUT2D eigenvalue weighted by Crippen LogP contribution is 2.25. The van der Waals surface area contributed by atoms with Gasteiger partial charge in [0.15, 0.2) is 5.84 Å². The van der Waals surface area contributed by atoms with E-state index in [-0.39, 0.29) is 5.84 Å². The van der Waals surface area contributed by atoms with Crippen LogP contribution in [0.1, 0.15) is 16.7 Å². The van der Waals surface area contributed by atoms with Gasteiger partial charge in [-0.25, -0.2) is 0 Å². The van der Waals surface area contributed by atoms with Gasteiger partial charge in [0.05, 0.1) is 5.69 Å². The van der Waals surface area contributed by atoms with Crippen molar-refractivity contribution in [1.82, 2.24) is 0 Å². The Morgan fingerprint density at radius 1 is 1.15 bits per heavy atom. The number of rotatable bonds is 4. The van der Waals surface area contributed by atoms with E-state index in [0.29, 0.717) is 0 Å². The fourth-order valence-corrected chi connectivity index (χ4v) is 2.36. The van der Waals surface area contributed by atoms with Crippen molar-refractivity contribution in [1.29, 1.82) is 0 Å². The molecule has 0 unspecified atom stereocenters. The molecule has 20 heavy (non-hydrogen) atoms. The van der Waals surface area contributed by atoms with Crippen LogP contribution in [0.25, 0.3) is 0 Å². The van der Waals surface area contributed by atoms with Crippen molar-refractivity contribution in [3.63, 3.8) is 0 Å². The number of hydrogen-bond acceptors (Lipinski definition) is 3. The minimum absolute atomic E-state index is 0.128. The number of nitrogens with zero attached hydrogens (tertiary/aromatic N) is 2. The maximum absolute atomic E-state index is 8.92. The van der Waals surface area contributed by atoms with E-state index in [1.165, 1.54) is 5.56 Å². The standard InChI is InChI=1S/C16H19N3O/c1-12-7-6-10-14(16(17)18-20)15(12)19(2)11-13-8-4-3-5-9-13/h3-10,20H,11H2,1-2H3,(H2,17,18). The smallest absolute Gasteiger partial charge is 0.172 e. The minimum atomic E-state index is 0.128. The van der Waals surface area contributed by atoms with Crippen LogP contribution in [0, 0.1) is 6.92 Å². The zero-order valence-electron chi connectivity index (χ0n) is 11.7. The molecular formula is C16H19N3O. The van der Waals surface area contributed by atoms with E-state index in [9.17, 15) is 0 Å². The maximum atomic E-state index is 8.92.